The summed E-state index contributed by atoms with van der Waals surface area (Å²) in [4.78, 5) is 0. The number of halogens is 1. The number of hydrogen-bond acceptors (Lipinski definition) is 4. The molecule has 72 valence electrons. The summed E-state index contributed by atoms with van der Waals surface area (Å²) in [5.41, 5.74) is 0. The fourth-order valence-corrected chi connectivity index (χ4v) is 1.58. The fourth-order valence-electron chi connectivity index (χ4n) is 1.44. The number of nitrogens with zero attached hydrogens (tertiary/aromatic N) is 4. The highest BCUT2D eigenvalue weighted by Gasteiger charge is 2.23. The second kappa shape index (κ2) is 3.59. The van der Waals surface area contributed by atoms with Gasteiger partial charge in [-0.25, -0.2) is 4.68 Å². The molecule has 1 saturated heterocycles. The molecule has 0 saturated carbocycles. The van der Waals surface area contributed by atoms with E-state index in [0.717, 1.165) is 18.9 Å². The van der Waals surface area contributed by atoms with E-state index in [-0.39, 0.29) is 11.4 Å². The molecule has 1 aliphatic heterocycles. The number of tetrazole rings is 1. The van der Waals surface area contributed by atoms with Gasteiger partial charge in [0, 0.05) is 6.61 Å². The first-order chi connectivity index (χ1) is 6.29. The van der Waals surface area contributed by atoms with Gasteiger partial charge in [0.05, 0.1) is 18.0 Å². The van der Waals surface area contributed by atoms with Crippen molar-refractivity contribution in [3.63, 3.8) is 0 Å². The predicted molar refractivity (Wildman–Crippen MR) is 46.6 cm³/mol. The first-order valence-corrected chi connectivity index (χ1v) is 4.72. The Morgan fingerprint density at radius 2 is 2.54 bits per heavy atom. The third-order valence-corrected chi connectivity index (χ3v) is 2.32. The van der Waals surface area contributed by atoms with Crippen molar-refractivity contribution in [2.24, 2.45) is 0 Å². The molecule has 1 aliphatic rings. The van der Waals surface area contributed by atoms with E-state index >= 15 is 0 Å². The summed E-state index contributed by atoms with van der Waals surface area (Å²) in [5, 5.41) is 11.2. The Hall–Kier alpha value is -0.680. The highest BCUT2D eigenvalue weighted by molar-refractivity contribution is 6.20. The molecule has 0 N–H and O–H groups in total. The van der Waals surface area contributed by atoms with Crippen molar-refractivity contribution in [2.45, 2.75) is 24.8 Å². The van der Waals surface area contributed by atoms with Crippen LogP contribution in [0.25, 0.3) is 0 Å². The molecule has 2 rings (SSSR count). The van der Waals surface area contributed by atoms with Crippen LogP contribution >= 0.6 is 11.6 Å². The van der Waals surface area contributed by atoms with E-state index in [1.807, 2.05) is 6.92 Å². The van der Waals surface area contributed by atoms with Crippen molar-refractivity contribution >= 4 is 11.6 Å². The van der Waals surface area contributed by atoms with Gasteiger partial charge in [-0.05, 0) is 23.8 Å². The van der Waals surface area contributed by atoms with Crippen molar-refractivity contribution in [2.75, 3.05) is 13.2 Å². The zero-order chi connectivity index (χ0) is 9.26. The third kappa shape index (κ3) is 1.66. The van der Waals surface area contributed by atoms with Gasteiger partial charge >= 0.3 is 0 Å². The Labute approximate surface area is 81.0 Å². The summed E-state index contributed by atoms with van der Waals surface area (Å²) in [7, 11) is 0. The lowest BCUT2D eigenvalue weighted by molar-refractivity contribution is 0.183. The minimum absolute atomic E-state index is 0.157. The molecule has 1 aromatic heterocycles. The molecule has 2 heterocycles. The maximum atomic E-state index is 5.92. The van der Waals surface area contributed by atoms with Crippen LogP contribution in [0.2, 0.25) is 0 Å². The van der Waals surface area contributed by atoms with Gasteiger partial charge in [-0.1, -0.05) is 0 Å². The van der Waals surface area contributed by atoms with E-state index in [9.17, 15) is 0 Å². The van der Waals surface area contributed by atoms with Crippen LogP contribution in [-0.4, -0.2) is 33.4 Å². The predicted octanol–water partition coefficient (Wildman–Crippen LogP) is 0.934. The first kappa shape index (κ1) is 8.90. The number of aromatic nitrogens is 4. The Morgan fingerprint density at radius 3 is 3.15 bits per heavy atom. The smallest absolute Gasteiger partial charge is 0.169 e. The van der Waals surface area contributed by atoms with Crippen LogP contribution in [0.5, 0.6) is 0 Å². The summed E-state index contributed by atoms with van der Waals surface area (Å²) in [6, 6.07) is 0.256. The van der Waals surface area contributed by atoms with Gasteiger partial charge in [0.25, 0.3) is 0 Å². The zero-order valence-electron chi connectivity index (χ0n) is 7.35. The molecule has 5 nitrogen and oxygen atoms in total. The molecule has 0 aliphatic carbocycles. The number of hydrogen-bond donors (Lipinski definition) is 0. The van der Waals surface area contributed by atoms with Gasteiger partial charge in [0.15, 0.2) is 5.82 Å². The van der Waals surface area contributed by atoms with Gasteiger partial charge < -0.3 is 4.74 Å². The average Bonchev–Trinajstić information content (AvgIpc) is 2.74. The number of alkyl halides is 1. The van der Waals surface area contributed by atoms with Gasteiger partial charge in [0.1, 0.15) is 0 Å². The quantitative estimate of drug-likeness (QED) is 0.670. The van der Waals surface area contributed by atoms with E-state index in [1.165, 1.54) is 0 Å². The molecule has 1 aromatic rings. The number of rotatable bonds is 2. The molecule has 1 fully saturated rings. The summed E-state index contributed by atoms with van der Waals surface area (Å²) in [5.74, 6) is 0.720. The second-order valence-electron chi connectivity index (χ2n) is 3.12. The van der Waals surface area contributed by atoms with E-state index in [1.54, 1.807) is 4.68 Å². The first-order valence-electron chi connectivity index (χ1n) is 4.28. The summed E-state index contributed by atoms with van der Waals surface area (Å²) in [6.07, 6.45) is 0.960. The van der Waals surface area contributed by atoms with Gasteiger partial charge in [-0.3, -0.25) is 0 Å². The maximum Gasteiger partial charge on any atom is 0.169 e. The molecular weight excluding hydrogens is 192 g/mol. The molecular formula is C7H11ClN4O. The number of ether oxygens (including phenoxy) is 1. The standard InChI is InChI=1S/C7H11ClN4O/c1-5(8)7-9-10-11-12(7)6-2-3-13-4-6/h5-6H,2-4H2,1H3. The van der Waals surface area contributed by atoms with E-state index < -0.39 is 0 Å². The molecule has 2 atom stereocenters. The lowest BCUT2D eigenvalue weighted by Crippen LogP contribution is -2.14. The zero-order valence-corrected chi connectivity index (χ0v) is 8.11. The molecule has 0 radical (unpaired) electrons. The van der Waals surface area contributed by atoms with Crippen LogP contribution in [0.15, 0.2) is 0 Å². The van der Waals surface area contributed by atoms with Crippen LogP contribution in [0.4, 0.5) is 0 Å². The van der Waals surface area contributed by atoms with Crippen LogP contribution in [0.3, 0.4) is 0 Å². The van der Waals surface area contributed by atoms with Crippen LogP contribution < -0.4 is 0 Å². The van der Waals surface area contributed by atoms with Gasteiger partial charge in [-0.15, -0.1) is 16.7 Å². The molecule has 0 spiro atoms. The molecule has 0 aromatic carbocycles. The van der Waals surface area contributed by atoms with E-state index in [2.05, 4.69) is 15.5 Å². The molecule has 0 amide bonds. The SMILES string of the molecule is CC(Cl)c1nnnn1C1CCOC1. The van der Waals surface area contributed by atoms with E-state index in [0.29, 0.717) is 6.61 Å². The van der Waals surface area contributed by atoms with Crippen molar-refractivity contribution < 1.29 is 4.74 Å². The Morgan fingerprint density at radius 1 is 1.69 bits per heavy atom. The monoisotopic (exact) mass is 202 g/mol. The van der Waals surface area contributed by atoms with Crippen LogP contribution in [0.1, 0.15) is 30.6 Å². The largest absolute Gasteiger partial charge is 0.379 e. The Bertz CT molecular complexity index is 282. The minimum Gasteiger partial charge on any atom is -0.379 e. The lowest BCUT2D eigenvalue weighted by atomic mass is 10.2. The molecule has 0 bridgehead atoms. The molecule has 13 heavy (non-hydrogen) atoms. The third-order valence-electron chi connectivity index (χ3n) is 2.13. The molecule has 6 heteroatoms. The normalized spacial score (nSPS) is 24.9. The van der Waals surface area contributed by atoms with Crippen molar-refractivity contribution in [1.82, 2.24) is 20.2 Å². The topological polar surface area (TPSA) is 52.8 Å². The van der Waals surface area contributed by atoms with Crippen LogP contribution in [-0.2, 0) is 4.74 Å². The molecule has 2 unspecified atom stereocenters. The second-order valence-corrected chi connectivity index (χ2v) is 3.77. The van der Waals surface area contributed by atoms with Crippen molar-refractivity contribution in [3.05, 3.63) is 5.82 Å². The highest BCUT2D eigenvalue weighted by Crippen LogP contribution is 2.23. The van der Waals surface area contributed by atoms with Crippen LogP contribution in [0, 0.1) is 0 Å². The van der Waals surface area contributed by atoms with E-state index in [4.69, 9.17) is 16.3 Å². The summed E-state index contributed by atoms with van der Waals surface area (Å²) in [6.45, 7) is 3.32. The van der Waals surface area contributed by atoms with Gasteiger partial charge in [0.2, 0.25) is 0 Å². The minimum atomic E-state index is -0.157. The lowest BCUT2D eigenvalue weighted by Gasteiger charge is -2.10. The van der Waals surface area contributed by atoms with Gasteiger partial charge in [-0.2, -0.15) is 0 Å². The maximum absolute atomic E-state index is 5.92. The Balaban J connectivity index is 2.23. The summed E-state index contributed by atoms with van der Waals surface area (Å²) < 4.78 is 7.02. The van der Waals surface area contributed by atoms with Crippen molar-refractivity contribution in [1.29, 1.82) is 0 Å². The van der Waals surface area contributed by atoms with Crippen molar-refractivity contribution in [3.8, 4) is 0 Å². The Kier molecular flexibility index (Phi) is 2.46. The highest BCUT2D eigenvalue weighted by atomic mass is 35.5. The average molecular weight is 203 g/mol. The fraction of sp³-hybridized carbons (Fsp3) is 0.857. The summed E-state index contributed by atoms with van der Waals surface area (Å²) >= 11 is 5.92.